The normalized spacial score (nSPS) is 10.0. The summed E-state index contributed by atoms with van der Waals surface area (Å²) < 4.78 is 5.10. The molecule has 5 heteroatoms. The summed E-state index contributed by atoms with van der Waals surface area (Å²) in [6, 6.07) is 9.20. The maximum atomic E-state index is 5.71. The van der Waals surface area contributed by atoms with Crippen LogP contribution in [-0.4, -0.2) is 24.1 Å². The van der Waals surface area contributed by atoms with Crippen molar-refractivity contribution in [3.05, 3.63) is 30.3 Å². The minimum atomic E-state index is 0.440. The van der Waals surface area contributed by atoms with Crippen molar-refractivity contribution in [2.45, 2.75) is 0 Å². The van der Waals surface area contributed by atoms with Gasteiger partial charge >= 0.3 is 0 Å². The second kappa shape index (κ2) is 4.69. The molecule has 2 aromatic rings. The first-order valence-electron chi connectivity index (χ1n) is 5.19. The highest BCUT2D eigenvalue weighted by Gasteiger charge is 2.04. The third kappa shape index (κ3) is 2.44. The molecule has 0 aliphatic heterocycles. The van der Waals surface area contributed by atoms with Gasteiger partial charge in [0.2, 0.25) is 0 Å². The average Bonchev–Trinajstić information content (AvgIpc) is 2.38. The number of anilines is 2. The molecule has 0 aliphatic carbocycles. The van der Waals surface area contributed by atoms with Crippen molar-refractivity contribution >= 4 is 11.6 Å². The summed E-state index contributed by atoms with van der Waals surface area (Å²) in [4.78, 5) is 8.53. The molecule has 1 aromatic carbocycles. The fourth-order valence-corrected chi connectivity index (χ4v) is 1.46. The Morgan fingerprint density at radius 1 is 1.18 bits per heavy atom. The first kappa shape index (κ1) is 11.2. The van der Waals surface area contributed by atoms with Crippen LogP contribution in [-0.2, 0) is 0 Å². The van der Waals surface area contributed by atoms with Gasteiger partial charge in [-0.05, 0) is 24.3 Å². The van der Waals surface area contributed by atoms with E-state index in [0.717, 1.165) is 11.3 Å². The molecule has 1 aromatic heterocycles. The number of hydrogen-bond acceptors (Lipinski definition) is 5. The summed E-state index contributed by atoms with van der Waals surface area (Å²) in [5, 5.41) is 2.94. The van der Waals surface area contributed by atoms with Crippen molar-refractivity contribution in [1.29, 1.82) is 0 Å². The van der Waals surface area contributed by atoms with Crippen LogP contribution in [0.25, 0.3) is 11.4 Å². The maximum absolute atomic E-state index is 5.71. The van der Waals surface area contributed by atoms with Crippen molar-refractivity contribution in [1.82, 2.24) is 9.97 Å². The van der Waals surface area contributed by atoms with E-state index in [0.29, 0.717) is 17.5 Å². The topological polar surface area (TPSA) is 73.1 Å². The minimum Gasteiger partial charge on any atom is -0.497 e. The Morgan fingerprint density at radius 2 is 1.88 bits per heavy atom. The van der Waals surface area contributed by atoms with Gasteiger partial charge in [-0.3, -0.25) is 0 Å². The summed E-state index contributed by atoms with van der Waals surface area (Å²) in [5.74, 6) is 2.53. The molecule has 0 saturated heterocycles. The van der Waals surface area contributed by atoms with Crippen LogP contribution in [0.3, 0.4) is 0 Å². The lowest BCUT2D eigenvalue weighted by Crippen LogP contribution is -2.00. The van der Waals surface area contributed by atoms with Gasteiger partial charge in [0, 0.05) is 18.7 Å². The van der Waals surface area contributed by atoms with Crippen LogP contribution in [0.4, 0.5) is 11.6 Å². The minimum absolute atomic E-state index is 0.440. The van der Waals surface area contributed by atoms with Gasteiger partial charge in [-0.2, -0.15) is 0 Å². The molecule has 0 aliphatic rings. The van der Waals surface area contributed by atoms with Crippen LogP contribution in [0.2, 0.25) is 0 Å². The van der Waals surface area contributed by atoms with Crippen LogP contribution in [0.5, 0.6) is 5.75 Å². The number of nitrogens with two attached hydrogens (primary N) is 1. The van der Waals surface area contributed by atoms with Gasteiger partial charge in [-0.1, -0.05) is 0 Å². The fraction of sp³-hybridized carbons (Fsp3) is 0.167. The third-order valence-electron chi connectivity index (χ3n) is 2.35. The van der Waals surface area contributed by atoms with Gasteiger partial charge in [0.25, 0.3) is 0 Å². The van der Waals surface area contributed by atoms with E-state index in [-0.39, 0.29) is 0 Å². The van der Waals surface area contributed by atoms with E-state index in [9.17, 15) is 0 Å². The van der Waals surface area contributed by atoms with Crippen molar-refractivity contribution in [3.8, 4) is 17.1 Å². The number of nitrogens with one attached hydrogen (secondary N) is 1. The van der Waals surface area contributed by atoms with E-state index in [1.54, 1.807) is 20.2 Å². The number of hydrogen-bond donors (Lipinski definition) is 2. The van der Waals surface area contributed by atoms with Gasteiger partial charge in [0.05, 0.1) is 7.11 Å². The Hall–Kier alpha value is -2.30. The summed E-state index contributed by atoms with van der Waals surface area (Å²) in [7, 11) is 3.42. The standard InChI is InChI=1S/C12H14N4O/c1-14-11-7-10(13)15-12(16-11)8-3-5-9(17-2)6-4-8/h3-7H,1-2H3,(H3,13,14,15,16). The van der Waals surface area contributed by atoms with Gasteiger partial charge in [-0.25, -0.2) is 9.97 Å². The molecule has 3 N–H and O–H groups in total. The molecule has 0 amide bonds. The summed E-state index contributed by atoms with van der Waals surface area (Å²) in [6.07, 6.45) is 0. The van der Waals surface area contributed by atoms with Gasteiger partial charge in [0.1, 0.15) is 17.4 Å². The largest absolute Gasteiger partial charge is 0.497 e. The number of methoxy groups -OCH3 is 1. The molecule has 1 heterocycles. The van der Waals surface area contributed by atoms with Crippen LogP contribution >= 0.6 is 0 Å². The molecular formula is C12H14N4O. The van der Waals surface area contributed by atoms with E-state index in [1.807, 2.05) is 24.3 Å². The van der Waals surface area contributed by atoms with Crippen molar-refractivity contribution < 1.29 is 4.74 Å². The second-order valence-electron chi connectivity index (χ2n) is 3.48. The monoisotopic (exact) mass is 230 g/mol. The first-order valence-corrected chi connectivity index (χ1v) is 5.19. The Kier molecular flexibility index (Phi) is 3.09. The molecule has 5 nitrogen and oxygen atoms in total. The molecule has 0 atom stereocenters. The summed E-state index contributed by atoms with van der Waals surface area (Å²) in [5.41, 5.74) is 6.61. The number of ether oxygens (including phenoxy) is 1. The van der Waals surface area contributed by atoms with Gasteiger partial charge in [0.15, 0.2) is 5.82 Å². The number of aromatic nitrogens is 2. The lowest BCUT2D eigenvalue weighted by atomic mass is 10.2. The SMILES string of the molecule is CNc1cc(N)nc(-c2ccc(OC)cc2)n1. The van der Waals surface area contributed by atoms with Crippen molar-refractivity contribution in [2.24, 2.45) is 0 Å². The maximum Gasteiger partial charge on any atom is 0.163 e. The molecule has 0 radical (unpaired) electrons. The molecule has 0 unspecified atom stereocenters. The lowest BCUT2D eigenvalue weighted by molar-refractivity contribution is 0.415. The molecule has 0 fully saturated rings. The lowest BCUT2D eigenvalue weighted by Gasteiger charge is -2.06. The highest BCUT2D eigenvalue weighted by molar-refractivity contribution is 5.61. The zero-order valence-electron chi connectivity index (χ0n) is 9.77. The molecule has 0 spiro atoms. The van der Waals surface area contributed by atoms with E-state index >= 15 is 0 Å². The van der Waals surface area contributed by atoms with E-state index in [2.05, 4.69) is 15.3 Å². The van der Waals surface area contributed by atoms with E-state index < -0.39 is 0 Å². The zero-order valence-corrected chi connectivity index (χ0v) is 9.77. The predicted octanol–water partition coefficient (Wildman–Crippen LogP) is 1.78. The molecule has 0 bridgehead atoms. The summed E-state index contributed by atoms with van der Waals surface area (Å²) >= 11 is 0. The quantitative estimate of drug-likeness (QED) is 0.840. The Bertz CT molecular complexity index is 510. The van der Waals surface area contributed by atoms with E-state index in [1.165, 1.54) is 0 Å². The highest BCUT2D eigenvalue weighted by Crippen LogP contribution is 2.21. The molecule has 17 heavy (non-hydrogen) atoms. The number of rotatable bonds is 3. The second-order valence-corrected chi connectivity index (χ2v) is 3.48. The Labute approximate surface area is 99.7 Å². The Morgan fingerprint density at radius 3 is 2.47 bits per heavy atom. The predicted molar refractivity (Wildman–Crippen MR) is 68.0 cm³/mol. The van der Waals surface area contributed by atoms with Gasteiger partial charge in [-0.15, -0.1) is 0 Å². The number of nitrogen functional groups attached to an aromatic ring is 1. The average molecular weight is 230 g/mol. The molecule has 88 valence electrons. The molecule has 0 saturated carbocycles. The van der Waals surface area contributed by atoms with Crippen LogP contribution < -0.4 is 15.8 Å². The zero-order chi connectivity index (χ0) is 12.3. The van der Waals surface area contributed by atoms with Crippen LogP contribution in [0, 0.1) is 0 Å². The smallest absolute Gasteiger partial charge is 0.163 e. The Balaban J connectivity index is 2.41. The molecule has 2 rings (SSSR count). The van der Waals surface area contributed by atoms with Gasteiger partial charge < -0.3 is 15.8 Å². The number of nitrogens with zero attached hydrogens (tertiary/aromatic N) is 2. The van der Waals surface area contributed by atoms with Crippen molar-refractivity contribution in [3.63, 3.8) is 0 Å². The highest BCUT2D eigenvalue weighted by atomic mass is 16.5. The van der Waals surface area contributed by atoms with E-state index in [4.69, 9.17) is 10.5 Å². The number of benzene rings is 1. The molecular weight excluding hydrogens is 216 g/mol. The first-order chi connectivity index (χ1) is 8.22. The summed E-state index contributed by atoms with van der Waals surface area (Å²) in [6.45, 7) is 0. The van der Waals surface area contributed by atoms with Crippen LogP contribution in [0.15, 0.2) is 30.3 Å². The van der Waals surface area contributed by atoms with Crippen molar-refractivity contribution in [2.75, 3.05) is 25.2 Å². The third-order valence-corrected chi connectivity index (χ3v) is 2.35. The fourth-order valence-electron chi connectivity index (χ4n) is 1.46. The van der Waals surface area contributed by atoms with Crippen LogP contribution in [0.1, 0.15) is 0 Å².